The Balaban J connectivity index is 1.65. The average Bonchev–Trinajstić information content (AvgIpc) is 3.44. The highest BCUT2D eigenvalue weighted by Crippen LogP contribution is 2.31. The van der Waals surface area contributed by atoms with Crippen LogP contribution in [0.1, 0.15) is 12.8 Å². The van der Waals surface area contributed by atoms with E-state index in [1.807, 2.05) is 0 Å². The van der Waals surface area contributed by atoms with Crippen molar-refractivity contribution in [2.45, 2.75) is 22.6 Å². The number of nitrogens with zero attached hydrogens (tertiary/aromatic N) is 2. The van der Waals surface area contributed by atoms with Crippen LogP contribution >= 0.6 is 0 Å². The SMILES string of the molecule is COc1ccc(S(=O)(=O)N2CCCC2)cc1NC(=O)CN(c1ccc(F)cc1)S(=O)(=O)c1ccccc1. The lowest BCUT2D eigenvalue weighted by Gasteiger charge is -2.24. The Morgan fingerprint density at radius 3 is 2.22 bits per heavy atom. The maximum atomic E-state index is 13.5. The maximum Gasteiger partial charge on any atom is 0.264 e. The third-order valence-electron chi connectivity index (χ3n) is 5.88. The van der Waals surface area contributed by atoms with Crippen LogP contribution in [0.5, 0.6) is 5.75 Å². The van der Waals surface area contributed by atoms with Gasteiger partial charge < -0.3 is 10.1 Å². The molecule has 12 heteroatoms. The van der Waals surface area contributed by atoms with E-state index in [0.29, 0.717) is 13.1 Å². The van der Waals surface area contributed by atoms with Crippen LogP contribution in [0.15, 0.2) is 82.6 Å². The number of benzene rings is 3. The van der Waals surface area contributed by atoms with Gasteiger partial charge in [-0.05, 0) is 67.4 Å². The smallest absolute Gasteiger partial charge is 0.264 e. The Morgan fingerprint density at radius 2 is 1.59 bits per heavy atom. The molecule has 3 aromatic rings. The summed E-state index contributed by atoms with van der Waals surface area (Å²) in [5, 5.41) is 2.57. The van der Waals surface area contributed by atoms with Gasteiger partial charge >= 0.3 is 0 Å². The zero-order valence-corrected chi connectivity index (χ0v) is 21.6. The molecule has 0 saturated carbocycles. The number of hydrogen-bond donors (Lipinski definition) is 1. The molecule has 4 rings (SSSR count). The molecular weight excluding hydrogens is 521 g/mol. The summed E-state index contributed by atoms with van der Waals surface area (Å²) in [5.74, 6) is -1.11. The third kappa shape index (κ3) is 5.76. The van der Waals surface area contributed by atoms with Crippen LogP contribution in [0.3, 0.4) is 0 Å². The molecule has 1 saturated heterocycles. The van der Waals surface area contributed by atoms with Crippen molar-refractivity contribution in [3.8, 4) is 5.75 Å². The van der Waals surface area contributed by atoms with Gasteiger partial charge in [0.25, 0.3) is 10.0 Å². The van der Waals surface area contributed by atoms with Crippen LogP contribution < -0.4 is 14.4 Å². The van der Waals surface area contributed by atoms with Gasteiger partial charge in [0.15, 0.2) is 0 Å². The molecule has 37 heavy (non-hydrogen) atoms. The fourth-order valence-corrected chi connectivity index (χ4v) is 6.97. The van der Waals surface area contributed by atoms with Gasteiger partial charge in [-0.2, -0.15) is 4.31 Å². The molecule has 1 aliphatic heterocycles. The lowest BCUT2D eigenvalue weighted by Crippen LogP contribution is -2.38. The summed E-state index contributed by atoms with van der Waals surface area (Å²) in [6.07, 6.45) is 1.54. The fraction of sp³-hybridized carbons (Fsp3) is 0.240. The summed E-state index contributed by atoms with van der Waals surface area (Å²) in [5.41, 5.74) is 0.154. The molecule has 9 nitrogen and oxygen atoms in total. The summed E-state index contributed by atoms with van der Waals surface area (Å²) in [6.45, 7) is 0.176. The molecule has 0 radical (unpaired) electrons. The molecule has 3 aromatic carbocycles. The summed E-state index contributed by atoms with van der Waals surface area (Å²) in [4.78, 5) is 13.1. The van der Waals surface area contributed by atoms with E-state index < -0.39 is 38.3 Å². The normalized spacial score (nSPS) is 14.3. The van der Waals surface area contributed by atoms with Crippen molar-refractivity contribution in [2.75, 3.05) is 36.4 Å². The molecule has 0 atom stereocenters. The highest BCUT2D eigenvalue weighted by atomic mass is 32.2. The van der Waals surface area contributed by atoms with E-state index in [4.69, 9.17) is 4.74 Å². The van der Waals surface area contributed by atoms with Crippen molar-refractivity contribution in [1.29, 1.82) is 0 Å². The second-order valence-corrected chi connectivity index (χ2v) is 12.1. The molecule has 0 bridgehead atoms. The second-order valence-electron chi connectivity index (χ2n) is 8.32. The first kappa shape index (κ1) is 26.6. The Hall–Kier alpha value is -3.48. The van der Waals surface area contributed by atoms with E-state index in [1.54, 1.807) is 18.2 Å². The van der Waals surface area contributed by atoms with Crippen molar-refractivity contribution in [3.63, 3.8) is 0 Å². The summed E-state index contributed by atoms with van der Waals surface area (Å²) < 4.78 is 73.9. The Kier molecular flexibility index (Phi) is 7.81. The number of halogens is 1. The van der Waals surface area contributed by atoms with E-state index in [2.05, 4.69) is 5.32 Å². The Bertz CT molecular complexity index is 1470. The topological polar surface area (TPSA) is 113 Å². The van der Waals surface area contributed by atoms with Crippen LogP contribution in [0, 0.1) is 5.82 Å². The number of carbonyl (C=O) groups is 1. The van der Waals surface area contributed by atoms with Gasteiger partial charge in [0.1, 0.15) is 18.1 Å². The first-order valence-electron chi connectivity index (χ1n) is 11.4. The minimum Gasteiger partial charge on any atom is -0.495 e. The molecular formula is C25H26FN3O6S2. The molecule has 0 spiro atoms. The molecule has 1 fully saturated rings. The van der Waals surface area contributed by atoms with Gasteiger partial charge in [0.2, 0.25) is 15.9 Å². The summed E-state index contributed by atoms with van der Waals surface area (Å²) in [6, 6.07) is 16.3. The van der Waals surface area contributed by atoms with Crippen molar-refractivity contribution in [3.05, 3.63) is 78.6 Å². The van der Waals surface area contributed by atoms with E-state index >= 15 is 0 Å². The highest BCUT2D eigenvalue weighted by Gasteiger charge is 2.30. The van der Waals surface area contributed by atoms with Gasteiger partial charge in [-0.25, -0.2) is 21.2 Å². The zero-order valence-electron chi connectivity index (χ0n) is 20.0. The van der Waals surface area contributed by atoms with Crippen molar-refractivity contribution in [2.24, 2.45) is 0 Å². The number of hydrogen-bond acceptors (Lipinski definition) is 6. The predicted octanol–water partition coefficient (Wildman–Crippen LogP) is 3.45. The third-order valence-corrected chi connectivity index (χ3v) is 9.56. The molecule has 1 N–H and O–H groups in total. The lowest BCUT2D eigenvalue weighted by molar-refractivity contribution is -0.114. The van der Waals surface area contributed by atoms with Gasteiger partial charge in [-0.15, -0.1) is 0 Å². The van der Waals surface area contributed by atoms with Gasteiger partial charge in [-0.3, -0.25) is 9.10 Å². The summed E-state index contributed by atoms with van der Waals surface area (Å²) in [7, 11) is -6.60. The minimum absolute atomic E-state index is 0.0159. The van der Waals surface area contributed by atoms with E-state index in [0.717, 1.165) is 29.3 Å². The van der Waals surface area contributed by atoms with Gasteiger partial charge in [0.05, 0.1) is 28.3 Å². The second kappa shape index (κ2) is 10.9. The van der Waals surface area contributed by atoms with Gasteiger partial charge in [0, 0.05) is 13.1 Å². The quantitative estimate of drug-likeness (QED) is 0.439. The maximum absolute atomic E-state index is 13.5. The molecule has 1 aliphatic rings. The minimum atomic E-state index is -4.20. The Labute approximate surface area is 215 Å². The number of rotatable bonds is 9. The summed E-state index contributed by atoms with van der Waals surface area (Å²) >= 11 is 0. The van der Waals surface area contributed by atoms with Crippen LogP contribution in [-0.4, -0.2) is 53.8 Å². The van der Waals surface area contributed by atoms with Crippen LogP contribution in [-0.2, 0) is 24.8 Å². The molecule has 0 unspecified atom stereocenters. The van der Waals surface area contributed by atoms with Crippen LogP contribution in [0.4, 0.5) is 15.8 Å². The number of carbonyl (C=O) groups excluding carboxylic acids is 1. The highest BCUT2D eigenvalue weighted by molar-refractivity contribution is 7.92. The molecule has 1 heterocycles. The fourth-order valence-electron chi connectivity index (χ4n) is 3.99. The molecule has 196 valence electrons. The van der Waals surface area contributed by atoms with Gasteiger partial charge in [-0.1, -0.05) is 18.2 Å². The zero-order chi connectivity index (χ0) is 26.6. The standard InChI is InChI=1S/C25H26FN3O6S2/c1-35-24-14-13-22(36(31,32)28-15-5-6-16-28)17-23(24)27-25(30)18-29(20-11-9-19(26)10-12-20)37(33,34)21-7-3-2-4-8-21/h2-4,7-14,17H,5-6,15-16,18H2,1H3,(H,27,30). The van der Waals surface area contributed by atoms with E-state index in [9.17, 15) is 26.0 Å². The predicted molar refractivity (Wildman–Crippen MR) is 137 cm³/mol. The number of methoxy groups -OCH3 is 1. The number of nitrogens with one attached hydrogen (secondary N) is 1. The average molecular weight is 548 g/mol. The van der Waals surface area contributed by atoms with E-state index in [-0.39, 0.29) is 26.9 Å². The number of anilines is 2. The van der Waals surface area contributed by atoms with Crippen molar-refractivity contribution >= 4 is 37.3 Å². The lowest BCUT2D eigenvalue weighted by atomic mass is 10.3. The number of sulfonamides is 2. The number of ether oxygens (including phenoxy) is 1. The van der Waals surface area contributed by atoms with Crippen LogP contribution in [0.2, 0.25) is 0 Å². The molecule has 0 aliphatic carbocycles. The largest absolute Gasteiger partial charge is 0.495 e. The monoisotopic (exact) mass is 547 g/mol. The first-order chi connectivity index (χ1) is 17.6. The number of amides is 1. The van der Waals surface area contributed by atoms with Crippen molar-refractivity contribution in [1.82, 2.24) is 4.31 Å². The molecule has 1 amide bonds. The van der Waals surface area contributed by atoms with Crippen LogP contribution in [0.25, 0.3) is 0 Å². The van der Waals surface area contributed by atoms with E-state index in [1.165, 1.54) is 53.9 Å². The first-order valence-corrected chi connectivity index (χ1v) is 14.3. The van der Waals surface area contributed by atoms with Crippen molar-refractivity contribution < 1.29 is 30.8 Å². The molecule has 0 aromatic heterocycles. The Morgan fingerprint density at radius 1 is 0.946 bits per heavy atom.